The van der Waals surface area contributed by atoms with E-state index in [2.05, 4.69) is 27.7 Å². The molecule has 0 spiro atoms. The highest BCUT2D eigenvalue weighted by Gasteiger charge is 2.60. The Morgan fingerprint density at radius 1 is 0.920 bits per heavy atom. The van der Waals surface area contributed by atoms with Gasteiger partial charge in [0, 0.05) is 0 Å². The smallest absolute Gasteiger partial charge is 0.0543 e. The van der Waals surface area contributed by atoms with Gasteiger partial charge in [-0.2, -0.15) is 0 Å². The van der Waals surface area contributed by atoms with Crippen LogP contribution in [-0.4, -0.2) is 11.2 Å². The number of aliphatic hydroxyl groups is 1. The van der Waals surface area contributed by atoms with Gasteiger partial charge in [-0.25, -0.2) is 0 Å². The first-order chi connectivity index (χ1) is 11.9. The number of rotatable bonds is 3. The van der Waals surface area contributed by atoms with Crippen LogP contribution in [-0.2, 0) is 0 Å². The second kappa shape index (κ2) is 6.54. The highest BCUT2D eigenvalue weighted by Crippen LogP contribution is 2.68. The maximum Gasteiger partial charge on any atom is 0.0543 e. The van der Waals surface area contributed by atoms with E-state index in [-0.39, 0.29) is 6.10 Å². The lowest BCUT2D eigenvalue weighted by Crippen LogP contribution is -2.54. The van der Waals surface area contributed by atoms with Crippen molar-refractivity contribution in [3.63, 3.8) is 0 Å². The van der Waals surface area contributed by atoms with Crippen LogP contribution in [0.5, 0.6) is 0 Å². The second-order valence-corrected chi connectivity index (χ2v) is 11.1. The van der Waals surface area contributed by atoms with Crippen molar-refractivity contribution >= 4 is 0 Å². The maximum absolute atomic E-state index is 10.2. The van der Waals surface area contributed by atoms with Crippen LogP contribution in [0.3, 0.4) is 0 Å². The molecule has 0 aromatic carbocycles. The van der Waals surface area contributed by atoms with Crippen LogP contribution in [0.25, 0.3) is 0 Å². The Labute approximate surface area is 156 Å². The molecule has 9 atom stereocenters. The summed E-state index contributed by atoms with van der Waals surface area (Å²) in [6, 6.07) is 0. The van der Waals surface area contributed by atoms with Crippen molar-refractivity contribution in [2.75, 3.05) is 0 Å². The molecular formula is C24H42O. The van der Waals surface area contributed by atoms with Crippen molar-refractivity contribution in [2.24, 2.45) is 46.3 Å². The summed E-state index contributed by atoms with van der Waals surface area (Å²) in [5.41, 5.74) is 1.17. The summed E-state index contributed by atoms with van der Waals surface area (Å²) in [6.07, 6.45) is 15.1. The lowest BCUT2D eigenvalue weighted by molar-refractivity contribution is -0.129. The van der Waals surface area contributed by atoms with E-state index < -0.39 is 0 Å². The molecule has 4 fully saturated rings. The third-order valence-corrected chi connectivity index (χ3v) is 10.1. The molecule has 1 heteroatoms. The average Bonchev–Trinajstić information content (AvgIpc) is 2.93. The van der Waals surface area contributed by atoms with E-state index in [4.69, 9.17) is 0 Å². The van der Waals surface area contributed by atoms with Crippen molar-refractivity contribution < 1.29 is 5.11 Å². The maximum atomic E-state index is 10.2. The van der Waals surface area contributed by atoms with Crippen LogP contribution in [0.4, 0.5) is 0 Å². The third-order valence-electron chi connectivity index (χ3n) is 10.1. The average molecular weight is 347 g/mol. The number of fused-ring (bicyclic) bond motifs is 5. The Kier molecular flexibility index (Phi) is 4.79. The molecule has 25 heavy (non-hydrogen) atoms. The van der Waals surface area contributed by atoms with Crippen LogP contribution < -0.4 is 0 Å². The molecule has 0 bridgehead atoms. The van der Waals surface area contributed by atoms with Crippen LogP contribution in [0.1, 0.15) is 98.3 Å². The fourth-order valence-corrected chi connectivity index (χ4v) is 8.87. The monoisotopic (exact) mass is 346 g/mol. The highest BCUT2D eigenvalue weighted by atomic mass is 16.3. The van der Waals surface area contributed by atoms with E-state index in [1.54, 1.807) is 0 Å². The molecule has 0 amide bonds. The van der Waals surface area contributed by atoms with Crippen molar-refractivity contribution in [1.29, 1.82) is 0 Å². The Hall–Kier alpha value is -0.0400. The summed E-state index contributed by atoms with van der Waals surface area (Å²) >= 11 is 0. The number of hydrogen-bond donors (Lipinski definition) is 1. The van der Waals surface area contributed by atoms with E-state index in [0.717, 1.165) is 48.3 Å². The Morgan fingerprint density at radius 2 is 1.64 bits per heavy atom. The van der Waals surface area contributed by atoms with Gasteiger partial charge in [-0.1, -0.05) is 40.5 Å². The predicted molar refractivity (Wildman–Crippen MR) is 105 cm³/mol. The first-order valence-electron chi connectivity index (χ1n) is 11.6. The molecule has 4 aliphatic carbocycles. The minimum atomic E-state index is -0.00534. The van der Waals surface area contributed by atoms with Crippen molar-refractivity contribution in [2.45, 2.75) is 104 Å². The summed E-state index contributed by atoms with van der Waals surface area (Å²) in [5.74, 6) is 5.66. The zero-order valence-corrected chi connectivity index (χ0v) is 17.3. The molecule has 0 radical (unpaired) electrons. The van der Waals surface area contributed by atoms with Crippen LogP contribution in [0, 0.1) is 46.3 Å². The van der Waals surface area contributed by atoms with Gasteiger partial charge >= 0.3 is 0 Å². The molecule has 0 aromatic heterocycles. The second-order valence-electron chi connectivity index (χ2n) is 11.1. The molecule has 1 nitrogen and oxygen atoms in total. The van der Waals surface area contributed by atoms with E-state index in [9.17, 15) is 5.11 Å². The van der Waals surface area contributed by atoms with E-state index in [1.807, 2.05) is 0 Å². The van der Waals surface area contributed by atoms with Gasteiger partial charge in [-0.3, -0.25) is 0 Å². The molecule has 0 heterocycles. The first-order valence-corrected chi connectivity index (χ1v) is 11.6. The highest BCUT2D eigenvalue weighted by molar-refractivity contribution is 5.09. The Morgan fingerprint density at radius 3 is 2.40 bits per heavy atom. The van der Waals surface area contributed by atoms with E-state index in [0.29, 0.717) is 10.8 Å². The van der Waals surface area contributed by atoms with Gasteiger partial charge in [0.25, 0.3) is 0 Å². The van der Waals surface area contributed by atoms with Gasteiger partial charge < -0.3 is 5.11 Å². The third kappa shape index (κ3) is 2.74. The Bertz CT molecular complexity index is 486. The SMILES string of the molecule is CCCC(C)C1CCC2C3CCC4CC(O)CC[C@]4(C)C3CC[C@]12C. The van der Waals surface area contributed by atoms with Gasteiger partial charge in [0.05, 0.1) is 6.10 Å². The fraction of sp³-hybridized carbons (Fsp3) is 1.00. The number of aliphatic hydroxyl groups excluding tert-OH is 1. The lowest BCUT2D eigenvalue weighted by Gasteiger charge is -2.61. The summed E-state index contributed by atoms with van der Waals surface area (Å²) < 4.78 is 0. The minimum Gasteiger partial charge on any atom is -0.393 e. The first kappa shape index (κ1) is 18.3. The summed E-state index contributed by atoms with van der Waals surface area (Å²) in [6.45, 7) is 10.2. The molecule has 4 aliphatic rings. The molecule has 7 unspecified atom stereocenters. The molecule has 4 saturated carbocycles. The van der Waals surface area contributed by atoms with E-state index in [1.165, 1.54) is 57.8 Å². The topological polar surface area (TPSA) is 20.2 Å². The zero-order valence-electron chi connectivity index (χ0n) is 17.3. The minimum absolute atomic E-state index is 0.00534. The van der Waals surface area contributed by atoms with Gasteiger partial charge in [0.2, 0.25) is 0 Å². The molecular weight excluding hydrogens is 304 g/mol. The molecule has 144 valence electrons. The van der Waals surface area contributed by atoms with Gasteiger partial charge in [-0.15, -0.1) is 0 Å². The zero-order chi connectivity index (χ0) is 17.8. The largest absolute Gasteiger partial charge is 0.393 e. The quantitative estimate of drug-likeness (QED) is 0.623. The summed E-state index contributed by atoms with van der Waals surface area (Å²) in [7, 11) is 0. The molecule has 0 aromatic rings. The Balaban J connectivity index is 1.56. The van der Waals surface area contributed by atoms with Crippen molar-refractivity contribution in [3.8, 4) is 0 Å². The summed E-state index contributed by atoms with van der Waals surface area (Å²) in [5, 5.41) is 10.2. The number of hydrogen-bond acceptors (Lipinski definition) is 1. The lowest BCUT2D eigenvalue weighted by atomic mass is 9.44. The summed E-state index contributed by atoms with van der Waals surface area (Å²) in [4.78, 5) is 0. The van der Waals surface area contributed by atoms with Crippen LogP contribution in [0.15, 0.2) is 0 Å². The molecule has 1 N–H and O–H groups in total. The van der Waals surface area contributed by atoms with Crippen LogP contribution in [0.2, 0.25) is 0 Å². The van der Waals surface area contributed by atoms with Crippen molar-refractivity contribution in [1.82, 2.24) is 0 Å². The van der Waals surface area contributed by atoms with Gasteiger partial charge in [0.1, 0.15) is 0 Å². The standard InChI is InChI=1S/C24H42O/c1-5-6-16(2)20-9-10-21-19-8-7-17-15-18(25)11-13-23(17,3)22(19)12-14-24(20,21)4/h16-22,25H,5-15H2,1-4H3/t16?,17?,18?,19?,20?,21?,22?,23-,24+/m0/s1. The van der Waals surface area contributed by atoms with Gasteiger partial charge in [0.15, 0.2) is 0 Å². The fourth-order valence-electron chi connectivity index (χ4n) is 8.87. The molecule has 0 saturated heterocycles. The van der Waals surface area contributed by atoms with E-state index >= 15 is 0 Å². The van der Waals surface area contributed by atoms with Crippen molar-refractivity contribution in [3.05, 3.63) is 0 Å². The predicted octanol–water partition coefficient (Wildman–Crippen LogP) is 6.44. The van der Waals surface area contributed by atoms with Gasteiger partial charge in [-0.05, 0) is 104 Å². The normalized spacial score (nSPS) is 53.6. The van der Waals surface area contributed by atoms with Crippen LogP contribution >= 0.6 is 0 Å². The molecule has 0 aliphatic heterocycles. The molecule has 4 rings (SSSR count).